The van der Waals surface area contributed by atoms with Crippen molar-refractivity contribution in [3.05, 3.63) is 18.2 Å². The van der Waals surface area contributed by atoms with Crippen molar-refractivity contribution in [3.8, 4) is 0 Å². The number of likely N-dealkylation sites (tertiary alicyclic amines) is 1. The quantitative estimate of drug-likeness (QED) is 0.841. The fraction of sp³-hybridized carbons (Fsp3) is 0.615. The molecule has 2 fully saturated rings. The molecule has 2 aliphatic rings. The fourth-order valence-electron chi connectivity index (χ4n) is 3.48. The number of nitrogens with one attached hydrogen (secondary N) is 1. The maximum Gasteiger partial charge on any atom is 0.326 e. The molecular formula is C13H17N3O3. The number of rotatable bonds is 2. The smallest absolute Gasteiger partial charge is 0.326 e. The maximum absolute atomic E-state index is 12.5. The molecule has 1 aromatic heterocycles. The van der Waals surface area contributed by atoms with E-state index in [2.05, 4.69) is 9.97 Å². The topological polar surface area (TPSA) is 86.3 Å². The zero-order valence-corrected chi connectivity index (χ0v) is 10.6. The molecule has 1 aliphatic carbocycles. The molecule has 1 aromatic rings. The zero-order valence-electron chi connectivity index (χ0n) is 10.6. The second-order valence-corrected chi connectivity index (χ2v) is 5.38. The van der Waals surface area contributed by atoms with E-state index in [4.69, 9.17) is 0 Å². The lowest BCUT2D eigenvalue weighted by Crippen LogP contribution is -2.46. The van der Waals surface area contributed by atoms with Crippen molar-refractivity contribution in [2.24, 2.45) is 5.92 Å². The van der Waals surface area contributed by atoms with Crippen LogP contribution in [0.4, 0.5) is 0 Å². The number of imidazole rings is 1. The lowest BCUT2D eigenvalue weighted by molar-refractivity contribution is -0.141. The van der Waals surface area contributed by atoms with Crippen molar-refractivity contribution in [1.29, 1.82) is 0 Å². The number of hydrogen-bond acceptors (Lipinski definition) is 3. The average molecular weight is 263 g/mol. The van der Waals surface area contributed by atoms with Crippen LogP contribution >= 0.6 is 0 Å². The van der Waals surface area contributed by atoms with Gasteiger partial charge >= 0.3 is 5.97 Å². The van der Waals surface area contributed by atoms with Crippen LogP contribution in [-0.2, 0) is 4.79 Å². The highest BCUT2D eigenvalue weighted by atomic mass is 16.4. The molecule has 3 unspecified atom stereocenters. The molecule has 2 heterocycles. The Hall–Kier alpha value is -1.85. The molecule has 1 saturated carbocycles. The van der Waals surface area contributed by atoms with E-state index >= 15 is 0 Å². The lowest BCUT2D eigenvalue weighted by atomic mass is 9.84. The van der Waals surface area contributed by atoms with Crippen LogP contribution in [0, 0.1) is 5.92 Å². The summed E-state index contributed by atoms with van der Waals surface area (Å²) in [6, 6.07) is -0.616. The van der Waals surface area contributed by atoms with Gasteiger partial charge in [0.05, 0.1) is 12.5 Å². The Labute approximate surface area is 110 Å². The van der Waals surface area contributed by atoms with E-state index in [9.17, 15) is 14.7 Å². The molecule has 6 nitrogen and oxygen atoms in total. The highest BCUT2D eigenvalue weighted by Crippen LogP contribution is 2.40. The second-order valence-electron chi connectivity index (χ2n) is 5.38. The number of H-pyrrole nitrogens is 1. The summed E-state index contributed by atoms with van der Waals surface area (Å²) in [6.07, 6.45) is 7.63. The first kappa shape index (κ1) is 12.2. The summed E-state index contributed by atoms with van der Waals surface area (Å²) in [4.78, 5) is 32.1. The molecule has 1 aliphatic heterocycles. The standard InChI is InChI=1S/C13H17N3O3/c17-12(9-6-14-7-15-9)16-10-4-2-1-3-8(10)5-11(16)13(18)19/h6-8,10-11H,1-5H2,(H,14,15)(H,18,19). The summed E-state index contributed by atoms with van der Waals surface area (Å²) >= 11 is 0. The van der Waals surface area contributed by atoms with Gasteiger partial charge in [0, 0.05) is 6.04 Å². The molecule has 0 spiro atoms. The summed E-state index contributed by atoms with van der Waals surface area (Å²) in [7, 11) is 0. The summed E-state index contributed by atoms with van der Waals surface area (Å²) < 4.78 is 0. The number of aromatic nitrogens is 2. The van der Waals surface area contributed by atoms with E-state index in [0.29, 0.717) is 18.0 Å². The highest BCUT2D eigenvalue weighted by Gasteiger charge is 2.47. The normalized spacial score (nSPS) is 30.1. The number of carboxylic acid groups (broad SMARTS) is 1. The largest absolute Gasteiger partial charge is 0.480 e. The van der Waals surface area contributed by atoms with Crippen LogP contribution in [0.15, 0.2) is 12.5 Å². The van der Waals surface area contributed by atoms with Crippen molar-refractivity contribution in [1.82, 2.24) is 14.9 Å². The van der Waals surface area contributed by atoms with Gasteiger partial charge in [-0.2, -0.15) is 0 Å². The predicted molar refractivity (Wildman–Crippen MR) is 66.5 cm³/mol. The van der Waals surface area contributed by atoms with Gasteiger partial charge in [-0.25, -0.2) is 9.78 Å². The third-order valence-electron chi connectivity index (χ3n) is 4.34. The Bertz CT molecular complexity index is 485. The van der Waals surface area contributed by atoms with E-state index in [1.807, 2.05) is 0 Å². The van der Waals surface area contributed by atoms with Gasteiger partial charge in [-0.15, -0.1) is 0 Å². The molecule has 102 valence electrons. The Morgan fingerprint density at radius 1 is 1.37 bits per heavy atom. The Morgan fingerprint density at radius 2 is 2.16 bits per heavy atom. The number of amides is 1. The van der Waals surface area contributed by atoms with E-state index in [0.717, 1.165) is 25.7 Å². The number of nitrogens with zero attached hydrogens (tertiary/aromatic N) is 2. The fourth-order valence-corrected chi connectivity index (χ4v) is 3.48. The predicted octanol–water partition coefficient (Wildman–Crippen LogP) is 1.27. The Kier molecular flexibility index (Phi) is 3.00. The summed E-state index contributed by atoms with van der Waals surface area (Å²) in [6.45, 7) is 0. The van der Waals surface area contributed by atoms with Gasteiger partial charge in [-0.3, -0.25) is 4.79 Å². The van der Waals surface area contributed by atoms with E-state index in [1.54, 1.807) is 4.90 Å². The minimum atomic E-state index is -0.901. The highest BCUT2D eigenvalue weighted by molar-refractivity contribution is 5.95. The van der Waals surface area contributed by atoms with Crippen LogP contribution < -0.4 is 0 Å². The number of hydrogen-bond donors (Lipinski definition) is 2. The molecule has 0 bridgehead atoms. The van der Waals surface area contributed by atoms with Crippen molar-refractivity contribution in [3.63, 3.8) is 0 Å². The number of carbonyl (C=O) groups is 2. The van der Waals surface area contributed by atoms with Crippen LogP contribution in [0.1, 0.15) is 42.6 Å². The molecule has 0 radical (unpaired) electrons. The van der Waals surface area contributed by atoms with Crippen LogP contribution in [-0.4, -0.2) is 43.9 Å². The number of fused-ring (bicyclic) bond motifs is 1. The first-order valence-corrected chi connectivity index (χ1v) is 6.72. The van der Waals surface area contributed by atoms with E-state index in [-0.39, 0.29) is 11.9 Å². The molecule has 19 heavy (non-hydrogen) atoms. The second kappa shape index (κ2) is 4.68. The third-order valence-corrected chi connectivity index (χ3v) is 4.34. The first-order valence-electron chi connectivity index (χ1n) is 6.72. The molecule has 0 aromatic carbocycles. The summed E-state index contributed by atoms with van der Waals surface area (Å²) in [5.74, 6) is -0.803. The molecule has 3 rings (SSSR count). The number of aliphatic carboxylic acids is 1. The summed E-state index contributed by atoms with van der Waals surface area (Å²) in [5.41, 5.74) is 0.373. The molecule has 1 saturated heterocycles. The minimum absolute atomic E-state index is 0.0747. The number of aromatic amines is 1. The van der Waals surface area contributed by atoms with Crippen LogP contribution in [0.2, 0.25) is 0 Å². The average Bonchev–Trinajstić information content (AvgIpc) is 3.05. The van der Waals surface area contributed by atoms with Gasteiger partial charge in [0.2, 0.25) is 0 Å². The van der Waals surface area contributed by atoms with Gasteiger partial charge in [-0.05, 0) is 25.2 Å². The number of carbonyl (C=O) groups excluding carboxylic acids is 1. The third kappa shape index (κ3) is 2.01. The van der Waals surface area contributed by atoms with Gasteiger partial charge in [0.1, 0.15) is 11.7 Å². The van der Waals surface area contributed by atoms with Crippen molar-refractivity contribution in [2.45, 2.75) is 44.2 Å². The van der Waals surface area contributed by atoms with Crippen molar-refractivity contribution < 1.29 is 14.7 Å². The first-order chi connectivity index (χ1) is 9.18. The Morgan fingerprint density at radius 3 is 2.84 bits per heavy atom. The van der Waals surface area contributed by atoms with Crippen molar-refractivity contribution in [2.75, 3.05) is 0 Å². The monoisotopic (exact) mass is 263 g/mol. The molecular weight excluding hydrogens is 246 g/mol. The lowest BCUT2D eigenvalue weighted by Gasteiger charge is -2.32. The van der Waals surface area contributed by atoms with E-state index < -0.39 is 12.0 Å². The zero-order chi connectivity index (χ0) is 13.4. The molecule has 2 N–H and O–H groups in total. The SMILES string of the molecule is O=C(O)C1CC2CCCCC2N1C(=O)c1cnc[nH]1. The molecule has 1 amide bonds. The van der Waals surface area contributed by atoms with Gasteiger partial charge < -0.3 is 15.0 Å². The van der Waals surface area contributed by atoms with Gasteiger partial charge in [0.15, 0.2) is 0 Å². The van der Waals surface area contributed by atoms with Crippen LogP contribution in [0.3, 0.4) is 0 Å². The molecule has 3 atom stereocenters. The maximum atomic E-state index is 12.5. The number of carboxylic acids is 1. The van der Waals surface area contributed by atoms with Gasteiger partial charge in [0.25, 0.3) is 5.91 Å². The Balaban J connectivity index is 1.90. The van der Waals surface area contributed by atoms with Crippen LogP contribution in [0.5, 0.6) is 0 Å². The van der Waals surface area contributed by atoms with Crippen molar-refractivity contribution >= 4 is 11.9 Å². The van der Waals surface area contributed by atoms with Gasteiger partial charge in [-0.1, -0.05) is 12.8 Å². The minimum Gasteiger partial charge on any atom is -0.480 e. The molecule has 6 heteroatoms. The van der Waals surface area contributed by atoms with Crippen LogP contribution in [0.25, 0.3) is 0 Å². The van der Waals surface area contributed by atoms with E-state index in [1.165, 1.54) is 12.5 Å². The summed E-state index contributed by atoms with van der Waals surface area (Å²) in [5, 5.41) is 9.36.